The molecule has 2 saturated carbocycles. The molecule has 0 spiro atoms. The minimum atomic E-state index is -0.0857. The first-order chi connectivity index (χ1) is 9.22. The highest BCUT2D eigenvalue weighted by atomic mass is 16.3. The Labute approximate surface area is 116 Å². The molecular weight excluding hydrogens is 234 g/mol. The lowest BCUT2D eigenvalue weighted by molar-refractivity contribution is 0.136. The summed E-state index contributed by atoms with van der Waals surface area (Å²) in [6.07, 6.45) is 7.68. The zero-order valence-corrected chi connectivity index (χ0v) is 11.9. The number of aliphatic hydroxyl groups excluding tert-OH is 1. The van der Waals surface area contributed by atoms with E-state index in [2.05, 4.69) is 36.5 Å². The molecular formula is C17H25NO. The van der Waals surface area contributed by atoms with Gasteiger partial charge in [0.15, 0.2) is 0 Å². The first-order valence-corrected chi connectivity index (χ1v) is 7.67. The van der Waals surface area contributed by atoms with Gasteiger partial charge in [0.25, 0.3) is 0 Å². The van der Waals surface area contributed by atoms with Crippen LogP contribution in [0.4, 0.5) is 5.69 Å². The largest absolute Gasteiger partial charge is 0.394 e. The highest BCUT2D eigenvalue weighted by molar-refractivity contribution is 5.52. The molecule has 3 rings (SSSR count). The van der Waals surface area contributed by atoms with Crippen molar-refractivity contribution in [2.75, 3.05) is 11.9 Å². The summed E-state index contributed by atoms with van der Waals surface area (Å²) in [5.41, 5.74) is 2.37. The molecule has 1 aromatic carbocycles. The maximum atomic E-state index is 9.95. The van der Waals surface area contributed by atoms with Crippen LogP contribution in [0.3, 0.4) is 0 Å². The number of hydrogen-bond acceptors (Lipinski definition) is 2. The lowest BCUT2D eigenvalue weighted by Gasteiger charge is -2.41. The molecule has 0 radical (unpaired) electrons. The van der Waals surface area contributed by atoms with Crippen molar-refractivity contribution in [1.29, 1.82) is 0 Å². The number of rotatable bonds is 4. The minimum absolute atomic E-state index is 0.0857. The number of aliphatic hydroxyl groups is 1. The van der Waals surface area contributed by atoms with Crippen LogP contribution in [0.1, 0.15) is 44.1 Å². The molecule has 0 heterocycles. The van der Waals surface area contributed by atoms with Crippen molar-refractivity contribution in [3.05, 3.63) is 29.8 Å². The molecule has 1 aromatic rings. The van der Waals surface area contributed by atoms with Crippen LogP contribution in [0.25, 0.3) is 0 Å². The smallest absolute Gasteiger partial charge is 0.0661 e. The molecule has 2 heteroatoms. The van der Waals surface area contributed by atoms with Crippen LogP contribution in [0, 0.1) is 18.8 Å². The summed E-state index contributed by atoms with van der Waals surface area (Å²) >= 11 is 0. The average molecular weight is 259 g/mol. The van der Waals surface area contributed by atoms with Crippen molar-refractivity contribution in [3.8, 4) is 0 Å². The molecule has 2 nitrogen and oxygen atoms in total. The number of aryl methyl sites for hydroxylation is 1. The van der Waals surface area contributed by atoms with Crippen molar-refractivity contribution in [2.24, 2.45) is 11.8 Å². The predicted octanol–water partition coefficient (Wildman–Crippen LogP) is 3.74. The Morgan fingerprint density at radius 2 is 2.00 bits per heavy atom. The number of nitrogens with one attached hydrogen (secondary N) is 1. The van der Waals surface area contributed by atoms with E-state index < -0.39 is 0 Å². The van der Waals surface area contributed by atoms with Gasteiger partial charge in [0, 0.05) is 5.69 Å². The molecule has 0 aliphatic heterocycles. The van der Waals surface area contributed by atoms with Crippen molar-refractivity contribution in [1.82, 2.24) is 0 Å². The first-order valence-electron chi connectivity index (χ1n) is 7.67. The van der Waals surface area contributed by atoms with Gasteiger partial charge in [0.1, 0.15) is 0 Å². The predicted molar refractivity (Wildman–Crippen MR) is 79.3 cm³/mol. The number of hydrogen-bond donors (Lipinski definition) is 2. The van der Waals surface area contributed by atoms with Crippen LogP contribution < -0.4 is 5.32 Å². The highest BCUT2D eigenvalue weighted by Gasteiger charge is 2.41. The Morgan fingerprint density at radius 1 is 1.21 bits per heavy atom. The van der Waals surface area contributed by atoms with E-state index in [1.807, 2.05) is 0 Å². The fourth-order valence-corrected chi connectivity index (χ4v) is 3.67. The van der Waals surface area contributed by atoms with Crippen LogP contribution >= 0.6 is 0 Å². The quantitative estimate of drug-likeness (QED) is 0.863. The Hall–Kier alpha value is -1.02. The maximum absolute atomic E-state index is 9.95. The molecule has 19 heavy (non-hydrogen) atoms. The van der Waals surface area contributed by atoms with Gasteiger partial charge in [-0.05, 0) is 56.1 Å². The summed E-state index contributed by atoms with van der Waals surface area (Å²) in [5, 5.41) is 13.6. The second-order valence-corrected chi connectivity index (χ2v) is 6.57. The zero-order chi connectivity index (χ0) is 13.3. The van der Waals surface area contributed by atoms with Crippen molar-refractivity contribution in [2.45, 2.75) is 51.0 Å². The molecule has 2 aliphatic rings. The van der Waals surface area contributed by atoms with Gasteiger partial charge in [0.2, 0.25) is 0 Å². The Bertz CT molecular complexity index is 441. The van der Waals surface area contributed by atoms with E-state index in [0.717, 1.165) is 24.7 Å². The molecule has 0 bridgehead atoms. The third-order valence-electron chi connectivity index (χ3n) is 5.02. The van der Waals surface area contributed by atoms with Crippen molar-refractivity contribution >= 4 is 5.69 Å². The van der Waals surface area contributed by atoms with Gasteiger partial charge in [-0.1, -0.05) is 31.0 Å². The molecule has 2 unspecified atom stereocenters. The van der Waals surface area contributed by atoms with Crippen LogP contribution in [0.5, 0.6) is 0 Å². The lowest BCUT2D eigenvalue weighted by atomic mass is 9.74. The molecule has 2 atom stereocenters. The summed E-state index contributed by atoms with van der Waals surface area (Å²) in [5.74, 6) is 1.78. The summed E-state index contributed by atoms with van der Waals surface area (Å²) in [6.45, 7) is 2.39. The second-order valence-electron chi connectivity index (χ2n) is 6.57. The number of para-hydroxylation sites is 1. The number of benzene rings is 1. The fourth-order valence-electron chi connectivity index (χ4n) is 3.67. The van der Waals surface area contributed by atoms with Crippen molar-refractivity contribution < 1.29 is 5.11 Å². The summed E-state index contributed by atoms with van der Waals surface area (Å²) in [7, 11) is 0. The monoisotopic (exact) mass is 259 g/mol. The SMILES string of the molecule is Cc1ccccc1NC1(CO)CCCC(C2CC2)C1. The summed E-state index contributed by atoms with van der Waals surface area (Å²) in [6, 6.07) is 8.41. The molecule has 2 aliphatic carbocycles. The Morgan fingerprint density at radius 3 is 2.68 bits per heavy atom. The van der Waals surface area contributed by atoms with Gasteiger partial charge in [-0.3, -0.25) is 0 Å². The summed E-state index contributed by atoms with van der Waals surface area (Å²) in [4.78, 5) is 0. The lowest BCUT2D eigenvalue weighted by Crippen LogP contribution is -2.46. The van der Waals surface area contributed by atoms with E-state index in [1.165, 1.54) is 36.9 Å². The van der Waals surface area contributed by atoms with Gasteiger partial charge >= 0.3 is 0 Å². The van der Waals surface area contributed by atoms with Crippen LogP contribution in [-0.4, -0.2) is 17.3 Å². The van der Waals surface area contributed by atoms with E-state index in [4.69, 9.17) is 0 Å². The van der Waals surface area contributed by atoms with E-state index in [9.17, 15) is 5.11 Å². The van der Waals surface area contributed by atoms with E-state index in [0.29, 0.717) is 0 Å². The third-order valence-corrected chi connectivity index (χ3v) is 5.02. The molecule has 2 fully saturated rings. The average Bonchev–Trinajstić information content (AvgIpc) is 3.26. The molecule has 0 aromatic heterocycles. The van der Waals surface area contributed by atoms with Gasteiger partial charge in [-0.15, -0.1) is 0 Å². The van der Waals surface area contributed by atoms with Crippen molar-refractivity contribution in [3.63, 3.8) is 0 Å². The van der Waals surface area contributed by atoms with Crippen LogP contribution in [0.15, 0.2) is 24.3 Å². The Balaban J connectivity index is 1.76. The second kappa shape index (κ2) is 5.16. The van der Waals surface area contributed by atoms with E-state index in [1.54, 1.807) is 0 Å². The first kappa shape index (κ1) is 13.0. The molecule has 2 N–H and O–H groups in total. The molecule has 0 amide bonds. The Kier molecular flexibility index (Phi) is 3.53. The normalized spacial score (nSPS) is 31.2. The van der Waals surface area contributed by atoms with Gasteiger partial charge < -0.3 is 10.4 Å². The standard InChI is InChI=1S/C17H25NO/c1-13-5-2-3-7-16(13)18-17(12-19)10-4-6-15(11-17)14-8-9-14/h2-3,5,7,14-15,18-19H,4,6,8-12H2,1H3. The third kappa shape index (κ3) is 2.79. The summed E-state index contributed by atoms with van der Waals surface area (Å²) < 4.78 is 0. The van der Waals surface area contributed by atoms with Crippen LogP contribution in [0.2, 0.25) is 0 Å². The van der Waals surface area contributed by atoms with Gasteiger partial charge in [-0.2, -0.15) is 0 Å². The minimum Gasteiger partial charge on any atom is -0.394 e. The highest BCUT2D eigenvalue weighted by Crippen LogP contribution is 2.47. The maximum Gasteiger partial charge on any atom is 0.0661 e. The zero-order valence-electron chi connectivity index (χ0n) is 11.9. The van der Waals surface area contributed by atoms with Gasteiger partial charge in [0.05, 0.1) is 12.1 Å². The molecule has 0 saturated heterocycles. The van der Waals surface area contributed by atoms with Gasteiger partial charge in [-0.25, -0.2) is 0 Å². The number of anilines is 1. The van der Waals surface area contributed by atoms with E-state index >= 15 is 0 Å². The van der Waals surface area contributed by atoms with Crippen LogP contribution in [-0.2, 0) is 0 Å². The topological polar surface area (TPSA) is 32.3 Å². The van der Waals surface area contributed by atoms with E-state index in [-0.39, 0.29) is 12.1 Å². The molecule has 104 valence electrons. The fraction of sp³-hybridized carbons (Fsp3) is 0.647.